The van der Waals surface area contributed by atoms with Crippen LogP contribution in [-0.4, -0.2) is 57.2 Å². The van der Waals surface area contributed by atoms with Gasteiger partial charge in [0.2, 0.25) is 5.91 Å². The van der Waals surface area contributed by atoms with E-state index in [2.05, 4.69) is 10.3 Å². The molecule has 0 saturated heterocycles. The van der Waals surface area contributed by atoms with Crippen molar-refractivity contribution in [2.24, 2.45) is 7.05 Å². The van der Waals surface area contributed by atoms with E-state index in [0.29, 0.717) is 5.82 Å². The lowest BCUT2D eigenvalue weighted by atomic mass is 9.98. The average Bonchev–Trinajstić information content (AvgIpc) is 3.37. The van der Waals surface area contributed by atoms with Gasteiger partial charge in [0.25, 0.3) is 0 Å². The maximum Gasteiger partial charge on any atom is 0.407 e. The monoisotopic (exact) mass is 462 g/mol. The van der Waals surface area contributed by atoms with E-state index in [1.165, 1.54) is 11.9 Å². The number of likely N-dealkylation sites (N-methyl/N-ethyl adjacent to an activating group) is 1. The predicted octanol–water partition coefficient (Wildman–Crippen LogP) is 2.76. The van der Waals surface area contributed by atoms with E-state index >= 15 is 0 Å². The maximum absolute atomic E-state index is 12.9. The highest BCUT2D eigenvalue weighted by molar-refractivity contribution is 5.89. The van der Waals surface area contributed by atoms with Crippen LogP contribution in [0.2, 0.25) is 0 Å². The molecule has 0 radical (unpaired) electrons. The number of hydrogen-bond donors (Lipinski definition) is 2. The minimum Gasteiger partial charge on any atom is -0.481 e. The van der Waals surface area contributed by atoms with Crippen LogP contribution in [0.15, 0.2) is 60.9 Å². The molecule has 9 heteroatoms. The minimum absolute atomic E-state index is 0.0664. The Morgan fingerprint density at radius 3 is 2.29 bits per heavy atom. The molecule has 0 saturated carbocycles. The molecule has 176 valence electrons. The van der Waals surface area contributed by atoms with Gasteiger partial charge in [-0.3, -0.25) is 9.59 Å². The third-order valence-electron chi connectivity index (χ3n) is 5.99. The summed E-state index contributed by atoms with van der Waals surface area (Å²) in [6.07, 6.45) is 1.95. The first-order chi connectivity index (χ1) is 16.3. The van der Waals surface area contributed by atoms with Gasteiger partial charge in [0, 0.05) is 32.4 Å². The molecule has 1 unspecified atom stereocenters. The number of amides is 2. The van der Waals surface area contributed by atoms with E-state index in [4.69, 9.17) is 4.74 Å². The largest absolute Gasteiger partial charge is 0.481 e. The van der Waals surface area contributed by atoms with E-state index in [9.17, 15) is 19.5 Å². The van der Waals surface area contributed by atoms with Gasteiger partial charge in [0.15, 0.2) is 0 Å². The number of alkyl carbamates (subject to hydrolysis) is 1. The Bertz CT molecular complexity index is 1180. The number of benzene rings is 2. The lowest BCUT2D eigenvalue weighted by Gasteiger charge is -2.23. The van der Waals surface area contributed by atoms with Crippen LogP contribution in [-0.2, 0) is 27.9 Å². The number of aryl methyl sites for hydroxylation is 1. The molecule has 2 aromatic carbocycles. The van der Waals surface area contributed by atoms with E-state index in [1.54, 1.807) is 24.0 Å². The second-order valence-corrected chi connectivity index (χ2v) is 8.27. The Kier molecular flexibility index (Phi) is 6.62. The maximum atomic E-state index is 12.9. The third-order valence-corrected chi connectivity index (χ3v) is 5.99. The van der Waals surface area contributed by atoms with Crippen molar-refractivity contribution in [2.45, 2.75) is 24.9 Å². The number of carboxylic acids is 1. The predicted molar refractivity (Wildman–Crippen MR) is 124 cm³/mol. The van der Waals surface area contributed by atoms with Gasteiger partial charge in [-0.2, -0.15) is 0 Å². The van der Waals surface area contributed by atoms with Crippen LogP contribution in [0.1, 0.15) is 29.3 Å². The van der Waals surface area contributed by atoms with Crippen molar-refractivity contribution in [3.05, 3.63) is 77.9 Å². The zero-order valence-electron chi connectivity index (χ0n) is 19.0. The van der Waals surface area contributed by atoms with Crippen molar-refractivity contribution in [2.75, 3.05) is 13.7 Å². The standard InChI is InChI=1S/C25H26N4O5/c1-28-12-11-26-22(28)14-29(2)24(32)21(13-23(30)31)27-25(33)34-15-20-18-9-5-3-7-16(18)17-8-4-6-10-19(17)20/h3-12,20-21H,13-15H2,1-2H3,(H,27,33)(H,30,31). The van der Waals surface area contributed by atoms with Gasteiger partial charge in [0.1, 0.15) is 18.5 Å². The molecular formula is C25H26N4O5. The van der Waals surface area contributed by atoms with Crippen LogP contribution in [0.25, 0.3) is 11.1 Å². The first kappa shape index (κ1) is 23.0. The number of rotatable bonds is 8. The normalized spacial score (nSPS) is 13.0. The van der Waals surface area contributed by atoms with Crippen molar-refractivity contribution in [1.29, 1.82) is 0 Å². The van der Waals surface area contributed by atoms with E-state index in [0.717, 1.165) is 22.3 Å². The molecule has 3 aromatic rings. The Hall–Kier alpha value is -4.14. The summed E-state index contributed by atoms with van der Waals surface area (Å²) in [5.74, 6) is -1.26. The van der Waals surface area contributed by atoms with Crippen LogP contribution < -0.4 is 5.32 Å². The number of aromatic nitrogens is 2. The molecule has 2 N–H and O–H groups in total. The summed E-state index contributed by atoms with van der Waals surface area (Å²) in [6.45, 7) is 0.238. The SMILES string of the molecule is CN(Cc1nccn1C)C(=O)C(CC(=O)O)NC(=O)OCC1c2ccccc2-c2ccccc21. The van der Waals surface area contributed by atoms with E-state index in [1.807, 2.05) is 48.5 Å². The van der Waals surface area contributed by atoms with Crippen LogP contribution in [0.4, 0.5) is 4.79 Å². The molecule has 0 fully saturated rings. The van der Waals surface area contributed by atoms with Gasteiger partial charge in [-0.15, -0.1) is 0 Å². The molecule has 1 aliphatic carbocycles. The van der Waals surface area contributed by atoms with Crippen LogP contribution >= 0.6 is 0 Å². The van der Waals surface area contributed by atoms with E-state index in [-0.39, 0.29) is 19.1 Å². The molecule has 2 amide bonds. The molecule has 9 nitrogen and oxygen atoms in total. The van der Waals surface area contributed by atoms with Crippen molar-refractivity contribution in [3.8, 4) is 11.1 Å². The molecule has 0 aliphatic heterocycles. The number of hydrogen-bond acceptors (Lipinski definition) is 5. The number of nitrogens with one attached hydrogen (secondary N) is 1. The Morgan fingerprint density at radius 1 is 1.12 bits per heavy atom. The Balaban J connectivity index is 1.42. The van der Waals surface area contributed by atoms with Crippen molar-refractivity contribution >= 4 is 18.0 Å². The molecule has 1 aliphatic rings. The highest BCUT2D eigenvalue weighted by Crippen LogP contribution is 2.44. The number of nitrogens with zero attached hydrogens (tertiary/aromatic N) is 3. The number of carbonyl (C=O) groups excluding carboxylic acids is 2. The summed E-state index contributed by atoms with van der Waals surface area (Å²) in [7, 11) is 3.33. The molecule has 4 rings (SSSR count). The molecular weight excluding hydrogens is 436 g/mol. The second-order valence-electron chi connectivity index (χ2n) is 8.27. The van der Waals surface area contributed by atoms with Gasteiger partial charge in [-0.1, -0.05) is 48.5 Å². The van der Waals surface area contributed by atoms with Gasteiger partial charge >= 0.3 is 12.1 Å². The molecule has 0 spiro atoms. The van der Waals surface area contributed by atoms with Crippen LogP contribution in [0, 0.1) is 0 Å². The van der Waals surface area contributed by atoms with Gasteiger partial charge in [-0.25, -0.2) is 9.78 Å². The number of imidazole rings is 1. The van der Waals surface area contributed by atoms with Gasteiger partial charge < -0.3 is 24.6 Å². The summed E-state index contributed by atoms with van der Waals surface area (Å²) < 4.78 is 7.24. The highest BCUT2D eigenvalue weighted by Gasteiger charge is 2.31. The first-order valence-corrected chi connectivity index (χ1v) is 10.9. The lowest BCUT2D eigenvalue weighted by molar-refractivity contribution is -0.142. The highest BCUT2D eigenvalue weighted by atomic mass is 16.5. The van der Waals surface area contributed by atoms with Crippen LogP contribution in [0.3, 0.4) is 0 Å². The van der Waals surface area contributed by atoms with Gasteiger partial charge in [-0.05, 0) is 22.3 Å². The Labute approximate surface area is 197 Å². The van der Waals surface area contributed by atoms with Crippen molar-refractivity contribution in [3.63, 3.8) is 0 Å². The summed E-state index contributed by atoms with van der Waals surface area (Å²) >= 11 is 0. The number of carbonyl (C=O) groups is 3. The number of fused-ring (bicyclic) bond motifs is 3. The quantitative estimate of drug-likeness (QED) is 0.532. The number of ether oxygens (including phenoxy) is 1. The van der Waals surface area contributed by atoms with Gasteiger partial charge in [0.05, 0.1) is 13.0 Å². The summed E-state index contributed by atoms with van der Waals surface area (Å²) in [5, 5.41) is 11.7. The third kappa shape index (κ3) is 4.78. The first-order valence-electron chi connectivity index (χ1n) is 10.9. The molecule has 1 heterocycles. The fourth-order valence-corrected chi connectivity index (χ4v) is 4.26. The topological polar surface area (TPSA) is 114 Å². The second kappa shape index (κ2) is 9.78. The fourth-order valence-electron chi connectivity index (χ4n) is 4.26. The van der Waals surface area contributed by atoms with E-state index < -0.39 is 30.4 Å². The van der Waals surface area contributed by atoms with Crippen molar-refractivity contribution < 1.29 is 24.2 Å². The Morgan fingerprint density at radius 2 is 1.74 bits per heavy atom. The lowest BCUT2D eigenvalue weighted by Crippen LogP contribution is -2.48. The van der Waals surface area contributed by atoms with Crippen LogP contribution in [0.5, 0.6) is 0 Å². The summed E-state index contributed by atoms with van der Waals surface area (Å²) in [6, 6.07) is 14.6. The summed E-state index contributed by atoms with van der Waals surface area (Å²) in [5.41, 5.74) is 4.32. The van der Waals surface area contributed by atoms with Crippen molar-refractivity contribution in [1.82, 2.24) is 19.8 Å². The molecule has 1 aromatic heterocycles. The smallest absolute Gasteiger partial charge is 0.407 e. The number of carboxylic acid groups (broad SMARTS) is 1. The zero-order chi connectivity index (χ0) is 24.2. The minimum atomic E-state index is -1.27. The number of aliphatic carboxylic acids is 1. The average molecular weight is 463 g/mol. The zero-order valence-corrected chi connectivity index (χ0v) is 19.0. The fraction of sp³-hybridized carbons (Fsp3) is 0.280. The molecule has 34 heavy (non-hydrogen) atoms. The molecule has 1 atom stereocenters. The summed E-state index contributed by atoms with van der Waals surface area (Å²) in [4.78, 5) is 42.4. The molecule has 0 bridgehead atoms.